The van der Waals surface area contributed by atoms with Crippen LogP contribution < -0.4 is 16.4 Å². The lowest BCUT2D eigenvalue weighted by Crippen LogP contribution is -2.44. The predicted molar refractivity (Wildman–Crippen MR) is 123 cm³/mol. The van der Waals surface area contributed by atoms with Gasteiger partial charge in [0.2, 0.25) is 10.0 Å². The number of nitrogens with one attached hydrogen (secondary N) is 2. The van der Waals surface area contributed by atoms with E-state index < -0.39 is 27.4 Å². The van der Waals surface area contributed by atoms with Crippen molar-refractivity contribution in [1.29, 1.82) is 0 Å². The quantitative estimate of drug-likeness (QED) is 0.532. The molecule has 0 atom stereocenters. The molecule has 0 unspecified atom stereocenters. The van der Waals surface area contributed by atoms with E-state index >= 15 is 0 Å². The molecule has 0 aliphatic rings. The van der Waals surface area contributed by atoms with Gasteiger partial charge in [0.05, 0.1) is 11.4 Å². The number of aryl methyl sites for hydroxylation is 1. The van der Waals surface area contributed by atoms with Crippen molar-refractivity contribution in [3.63, 3.8) is 0 Å². The van der Waals surface area contributed by atoms with Crippen LogP contribution in [0.2, 0.25) is 0 Å². The lowest BCUT2D eigenvalue weighted by Gasteiger charge is -2.13. The Morgan fingerprint density at radius 3 is 2.33 bits per heavy atom. The summed E-state index contributed by atoms with van der Waals surface area (Å²) in [6, 6.07) is 16.0. The van der Waals surface area contributed by atoms with Crippen molar-refractivity contribution in [2.75, 3.05) is 14.1 Å². The summed E-state index contributed by atoms with van der Waals surface area (Å²) in [5.74, 6) is -1.51. The number of sulfonamides is 1. The van der Waals surface area contributed by atoms with Crippen LogP contribution in [0.3, 0.4) is 0 Å². The molecule has 1 aromatic heterocycles. The van der Waals surface area contributed by atoms with E-state index in [1.165, 1.54) is 49.0 Å². The number of nitrogens with zero attached hydrogens (tertiary/aromatic N) is 2. The number of hydrogen-bond donors (Lipinski definition) is 2. The van der Waals surface area contributed by atoms with E-state index in [1.807, 2.05) is 31.2 Å². The van der Waals surface area contributed by atoms with Crippen molar-refractivity contribution in [2.45, 2.75) is 18.4 Å². The van der Waals surface area contributed by atoms with Crippen LogP contribution in [0.5, 0.6) is 0 Å². The monoisotopic (exact) mass is 468 g/mol. The highest BCUT2D eigenvalue weighted by Gasteiger charge is 2.19. The largest absolute Gasteiger partial charge is 0.310 e. The predicted octanol–water partition coefficient (Wildman–Crippen LogP) is 1.53. The maximum atomic E-state index is 12.8. The van der Waals surface area contributed by atoms with E-state index in [0.717, 1.165) is 15.4 Å². The summed E-state index contributed by atoms with van der Waals surface area (Å²) >= 11 is 0. The molecule has 0 radical (unpaired) electrons. The molecule has 2 aromatic carbocycles. The van der Waals surface area contributed by atoms with Crippen molar-refractivity contribution in [3.05, 3.63) is 99.5 Å². The van der Waals surface area contributed by atoms with Gasteiger partial charge in [-0.15, -0.1) is 0 Å². The maximum Gasteiger partial charge on any atom is 0.275 e. The summed E-state index contributed by atoms with van der Waals surface area (Å²) in [4.78, 5) is 37.7. The molecule has 3 rings (SSSR count). The van der Waals surface area contributed by atoms with Crippen molar-refractivity contribution in [1.82, 2.24) is 19.7 Å². The fraction of sp³-hybridized carbons (Fsp3) is 0.174. The maximum absolute atomic E-state index is 12.8. The molecular formula is C23H24N4O5S. The Morgan fingerprint density at radius 2 is 1.64 bits per heavy atom. The average Bonchev–Trinajstić information content (AvgIpc) is 2.78. The minimum atomic E-state index is -3.72. The summed E-state index contributed by atoms with van der Waals surface area (Å²) in [6.07, 6.45) is 1.58. The number of benzene rings is 2. The lowest BCUT2D eigenvalue weighted by molar-refractivity contribution is 0.0845. The molecular weight excluding hydrogens is 444 g/mol. The molecule has 0 saturated carbocycles. The Kier molecular flexibility index (Phi) is 7.10. The molecule has 10 heteroatoms. The van der Waals surface area contributed by atoms with Gasteiger partial charge >= 0.3 is 0 Å². The first kappa shape index (κ1) is 23.9. The van der Waals surface area contributed by atoms with Gasteiger partial charge < -0.3 is 4.57 Å². The molecule has 3 aromatic rings. The van der Waals surface area contributed by atoms with Crippen molar-refractivity contribution >= 4 is 21.8 Å². The number of hydrogen-bond acceptors (Lipinski definition) is 5. The number of pyridine rings is 1. The minimum Gasteiger partial charge on any atom is -0.310 e. The van der Waals surface area contributed by atoms with Gasteiger partial charge in [-0.1, -0.05) is 35.9 Å². The van der Waals surface area contributed by atoms with Crippen LogP contribution in [-0.2, 0) is 16.6 Å². The molecule has 0 aliphatic carbocycles. The second kappa shape index (κ2) is 9.80. The summed E-state index contributed by atoms with van der Waals surface area (Å²) in [5, 5.41) is 0. The zero-order chi connectivity index (χ0) is 24.2. The molecule has 0 saturated heterocycles. The van der Waals surface area contributed by atoms with E-state index in [0.29, 0.717) is 6.54 Å². The van der Waals surface area contributed by atoms with Gasteiger partial charge in [0, 0.05) is 25.9 Å². The smallest absolute Gasteiger partial charge is 0.275 e. The Hall–Kier alpha value is -3.76. The van der Waals surface area contributed by atoms with Crippen LogP contribution in [-0.4, -0.2) is 43.2 Å². The van der Waals surface area contributed by atoms with E-state index in [-0.39, 0.29) is 16.0 Å². The highest BCUT2D eigenvalue weighted by atomic mass is 32.2. The van der Waals surface area contributed by atoms with Gasteiger partial charge in [0.25, 0.3) is 17.4 Å². The highest BCUT2D eigenvalue weighted by Crippen LogP contribution is 2.14. The minimum absolute atomic E-state index is 0.0307. The molecule has 172 valence electrons. The fourth-order valence-corrected chi connectivity index (χ4v) is 4.05. The number of aromatic nitrogens is 1. The number of amides is 2. The Labute approximate surface area is 191 Å². The molecule has 2 amide bonds. The first-order chi connectivity index (χ1) is 15.6. The molecule has 2 N–H and O–H groups in total. The van der Waals surface area contributed by atoms with Gasteiger partial charge in [-0.2, -0.15) is 0 Å². The second-order valence-electron chi connectivity index (χ2n) is 7.57. The number of carbonyl (C=O) groups excluding carboxylic acids is 2. The van der Waals surface area contributed by atoms with Crippen molar-refractivity contribution in [3.8, 4) is 0 Å². The first-order valence-corrected chi connectivity index (χ1v) is 11.4. The van der Waals surface area contributed by atoms with Crippen LogP contribution in [0, 0.1) is 6.92 Å². The van der Waals surface area contributed by atoms with Crippen LogP contribution in [0.4, 0.5) is 0 Å². The number of carbonyl (C=O) groups is 2. The Morgan fingerprint density at radius 1 is 0.939 bits per heavy atom. The summed E-state index contributed by atoms with van der Waals surface area (Å²) in [7, 11) is -0.959. The number of hydrazine groups is 1. The Bertz CT molecular complexity index is 1360. The summed E-state index contributed by atoms with van der Waals surface area (Å²) in [6.45, 7) is 2.24. The van der Waals surface area contributed by atoms with Gasteiger partial charge in [0.1, 0.15) is 5.56 Å². The average molecular weight is 469 g/mol. The van der Waals surface area contributed by atoms with E-state index in [2.05, 4.69) is 10.9 Å². The van der Waals surface area contributed by atoms with Crippen molar-refractivity contribution < 1.29 is 18.0 Å². The molecule has 0 bridgehead atoms. The fourth-order valence-electron chi connectivity index (χ4n) is 3.10. The molecule has 0 fully saturated rings. The number of rotatable bonds is 6. The van der Waals surface area contributed by atoms with E-state index in [1.54, 1.807) is 12.3 Å². The Balaban J connectivity index is 1.73. The zero-order valence-corrected chi connectivity index (χ0v) is 19.2. The molecule has 9 nitrogen and oxygen atoms in total. The molecule has 0 spiro atoms. The molecule has 33 heavy (non-hydrogen) atoms. The third kappa shape index (κ3) is 5.54. The van der Waals surface area contributed by atoms with Gasteiger partial charge in [-0.05, 0) is 42.8 Å². The summed E-state index contributed by atoms with van der Waals surface area (Å²) < 4.78 is 27.0. The standard InChI is InChI=1S/C23H24N4O5S/c1-16-7-4-8-17(13-16)15-27-12-6-11-20(23(27)30)22(29)25-24-21(28)18-9-5-10-19(14-18)33(31,32)26(2)3/h4-14H,15H2,1-3H3,(H,24,28)(H,25,29). The SMILES string of the molecule is Cc1cccc(Cn2cccc(C(=O)NNC(=O)c3cccc(S(=O)(=O)N(C)C)c3)c2=O)c1. The first-order valence-electron chi connectivity index (χ1n) is 9.98. The summed E-state index contributed by atoms with van der Waals surface area (Å²) in [5.41, 5.74) is 5.77. The molecule has 0 aliphatic heterocycles. The van der Waals surface area contributed by atoms with Gasteiger partial charge in [0.15, 0.2) is 0 Å². The third-order valence-electron chi connectivity index (χ3n) is 4.86. The van der Waals surface area contributed by atoms with Crippen LogP contribution in [0.1, 0.15) is 31.8 Å². The highest BCUT2D eigenvalue weighted by molar-refractivity contribution is 7.89. The zero-order valence-electron chi connectivity index (χ0n) is 18.4. The van der Waals surface area contributed by atoms with Gasteiger partial charge in [-0.3, -0.25) is 25.2 Å². The van der Waals surface area contributed by atoms with Gasteiger partial charge in [-0.25, -0.2) is 12.7 Å². The van der Waals surface area contributed by atoms with Crippen LogP contribution >= 0.6 is 0 Å². The topological polar surface area (TPSA) is 118 Å². The second-order valence-corrected chi connectivity index (χ2v) is 9.72. The normalized spacial score (nSPS) is 11.3. The third-order valence-corrected chi connectivity index (χ3v) is 6.68. The van der Waals surface area contributed by atoms with Crippen LogP contribution in [0.15, 0.2) is 76.6 Å². The van der Waals surface area contributed by atoms with Crippen LogP contribution in [0.25, 0.3) is 0 Å². The van der Waals surface area contributed by atoms with E-state index in [9.17, 15) is 22.8 Å². The van der Waals surface area contributed by atoms with E-state index in [4.69, 9.17) is 0 Å². The van der Waals surface area contributed by atoms with Crippen molar-refractivity contribution in [2.24, 2.45) is 0 Å². The lowest BCUT2D eigenvalue weighted by atomic mass is 10.1. The molecule has 1 heterocycles.